The van der Waals surface area contributed by atoms with Crippen LogP contribution in [0.25, 0.3) is 11.2 Å². The molecule has 2 aliphatic heterocycles. The molecule has 0 aromatic carbocycles. The van der Waals surface area contributed by atoms with Gasteiger partial charge in [-0.3, -0.25) is 9.55 Å². The molecule has 0 radical (unpaired) electrons. The number of H-pyrrole nitrogens is 1. The lowest BCUT2D eigenvalue weighted by atomic mass is 10.2. The zero-order valence-electron chi connectivity index (χ0n) is 11.4. The van der Waals surface area contributed by atoms with Crippen molar-refractivity contribution in [1.29, 1.82) is 0 Å². The standard InChI is InChI=1S/C10H12N5O6PS/c11-7-4-8(13-2-12-7)15-9-6(23-10(15)14-4)5(3(1-16)20-9)21-22(17,18)19/h2-3,5-6,9,16H,1H2,(H4,11,12,13,17,18,19). The molecular weight excluding hydrogens is 349 g/mol. The summed E-state index contributed by atoms with van der Waals surface area (Å²) in [5, 5.41) is 9.56. The first kappa shape index (κ1) is 15.3. The van der Waals surface area contributed by atoms with E-state index in [2.05, 4.69) is 15.0 Å². The van der Waals surface area contributed by atoms with E-state index < -0.39 is 38.1 Å². The summed E-state index contributed by atoms with van der Waals surface area (Å²) < 4.78 is 23.2. The summed E-state index contributed by atoms with van der Waals surface area (Å²) in [5.41, 5.74) is 6.84. The van der Waals surface area contributed by atoms with Crippen LogP contribution >= 0.6 is 19.6 Å². The average molecular weight is 361 g/mol. The molecule has 2 aliphatic rings. The second-order valence-corrected chi connectivity index (χ2v) is 7.44. The SMILES string of the molecule is Nc1ncnc2c1[nH]c1[n+]2C2OC(CO)C(OP(=O)([O-])O)C2S1. The Balaban J connectivity index is 1.75. The molecule has 0 amide bonds. The number of nitrogens with zero attached hydrogens (tertiary/aromatic N) is 3. The predicted octanol–water partition coefficient (Wildman–Crippen LogP) is -1.96. The van der Waals surface area contributed by atoms with Gasteiger partial charge in [0.15, 0.2) is 18.4 Å². The third-order valence-electron chi connectivity index (χ3n) is 3.76. The van der Waals surface area contributed by atoms with Gasteiger partial charge in [-0.15, -0.1) is 0 Å². The maximum atomic E-state index is 11.1. The van der Waals surface area contributed by atoms with Crippen LogP contribution < -0.4 is 15.2 Å². The number of hydrogen-bond acceptors (Lipinski definition) is 9. The van der Waals surface area contributed by atoms with Crippen LogP contribution in [0.1, 0.15) is 6.23 Å². The Morgan fingerprint density at radius 3 is 3.09 bits per heavy atom. The molecule has 5 N–H and O–H groups in total. The van der Waals surface area contributed by atoms with Gasteiger partial charge in [0.2, 0.25) is 5.52 Å². The molecule has 1 fully saturated rings. The first-order valence-electron chi connectivity index (χ1n) is 6.58. The Bertz CT molecular complexity index is 825. The zero-order chi connectivity index (χ0) is 16.4. The minimum atomic E-state index is -4.97. The Labute approximate surface area is 133 Å². The van der Waals surface area contributed by atoms with E-state index in [1.54, 1.807) is 4.57 Å². The number of aromatic amines is 1. The fraction of sp³-hybridized carbons (Fsp3) is 0.500. The van der Waals surface area contributed by atoms with Gasteiger partial charge in [-0.05, 0) is 11.8 Å². The number of nitrogens with two attached hydrogens (primary N) is 1. The summed E-state index contributed by atoms with van der Waals surface area (Å²) in [6.45, 7) is -0.451. The van der Waals surface area contributed by atoms with Crippen molar-refractivity contribution in [3.05, 3.63) is 6.33 Å². The fourth-order valence-corrected chi connectivity index (χ4v) is 4.92. The van der Waals surface area contributed by atoms with Crippen LogP contribution in [0.5, 0.6) is 0 Å². The highest BCUT2D eigenvalue weighted by atomic mass is 32.2. The number of aromatic nitrogens is 4. The lowest BCUT2D eigenvalue weighted by molar-refractivity contribution is -0.763. The van der Waals surface area contributed by atoms with Crippen LogP contribution in [0.15, 0.2) is 11.5 Å². The summed E-state index contributed by atoms with van der Waals surface area (Å²) in [6, 6.07) is 0. The van der Waals surface area contributed by atoms with Crippen molar-refractivity contribution in [3.63, 3.8) is 0 Å². The number of ether oxygens (including phenoxy) is 1. The maximum Gasteiger partial charge on any atom is 0.310 e. The number of imidazole rings is 1. The number of anilines is 1. The maximum absolute atomic E-state index is 11.1. The monoisotopic (exact) mass is 361 g/mol. The second kappa shape index (κ2) is 5.11. The topological polar surface area (TPSA) is 171 Å². The highest BCUT2D eigenvalue weighted by Gasteiger charge is 2.56. The predicted molar refractivity (Wildman–Crippen MR) is 73.8 cm³/mol. The second-order valence-electron chi connectivity index (χ2n) is 5.13. The van der Waals surface area contributed by atoms with E-state index >= 15 is 0 Å². The van der Waals surface area contributed by atoms with Crippen molar-refractivity contribution >= 4 is 36.6 Å². The molecule has 0 saturated carbocycles. The van der Waals surface area contributed by atoms with Gasteiger partial charge >= 0.3 is 5.65 Å². The van der Waals surface area contributed by atoms with Crippen LogP contribution in [-0.2, 0) is 13.8 Å². The summed E-state index contributed by atoms with van der Waals surface area (Å²) in [6.07, 6.45) is -1.22. The average Bonchev–Trinajstić information content (AvgIpc) is 3.07. The number of phosphoric ester groups is 1. The van der Waals surface area contributed by atoms with Gasteiger partial charge in [-0.1, -0.05) is 4.98 Å². The summed E-state index contributed by atoms with van der Waals surface area (Å²) in [7, 11) is -4.97. The van der Waals surface area contributed by atoms with E-state index in [1.807, 2.05) is 0 Å². The molecule has 13 heteroatoms. The molecule has 0 aliphatic carbocycles. The minimum absolute atomic E-state index is 0.276. The van der Waals surface area contributed by atoms with E-state index in [1.165, 1.54) is 18.1 Å². The Hall–Kier alpha value is -1.27. The molecule has 5 unspecified atom stereocenters. The van der Waals surface area contributed by atoms with Crippen molar-refractivity contribution in [3.8, 4) is 0 Å². The molecule has 2 aromatic rings. The largest absolute Gasteiger partial charge is 0.756 e. The number of phosphoric acid groups is 1. The van der Waals surface area contributed by atoms with E-state index in [4.69, 9.17) is 19.9 Å². The van der Waals surface area contributed by atoms with Crippen LogP contribution in [0.2, 0.25) is 0 Å². The van der Waals surface area contributed by atoms with E-state index in [0.717, 1.165) is 0 Å². The van der Waals surface area contributed by atoms with E-state index in [-0.39, 0.29) is 5.82 Å². The first-order chi connectivity index (χ1) is 10.9. The van der Waals surface area contributed by atoms with Gasteiger partial charge in [0, 0.05) is 0 Å². The number of nitrogen functional groups attached to an aromatic ring is 1. The van der Waals surface area contributed by atoms with Crippen molar-refractivity contribution < 1.29 is 33.3 Å². The highest BCUT2D eigenvalue weighted by Crippen LogP contribution is 2.49. The van der Waals surface area contributed by atoms with Crippen LogP contribution in [0.3, 0.4) is 0 Å². The smallest absolute Gasteiger partial charge is 0.310 e. The number of aliphatic hydroxyl groups excluding tert-OH is 1. The molecule has 124 valence electrons. The summed E-state index contributed by atoms with van der Waals surface area (Å²) in [5.74, 6) is 0.276. The van der Waals surface area contributed by atoms with Crippen LogP contribution in [0, 0.1) is 0 Å². The summed E-state index contributed by atoms with van der Waals surface area (Å²) in [4.78, 5) is 31.2. The quantitative estimate of drug-likeness (QED) is 0.355. The molecule has 11 nitrogen and oxygen atoms in total. The number of thioether (sulfide) groups is 1. The van der Waals surface area contributed by atoms with Gasteiger partial charge in [0.25, 0.3) is 13.0 Å². The number of hydrogen-bond donors (Lipinski definition) is 4. The van der Waals surface area contributed by atoms with Crippen LogP contribution in [0.4, 0.5) is 5.82 Å². The molecule has 5 atom stereocenters. The molecular formula is C10H12N5O6PS. The molecule has 4 rings (SSSR count). The lowest BCUT2D eigenvalue weighted by Gasteiger charge is -2.25. The highest BCUT2D eigenvalue weighted by molar-refractivity contribution is 7.99. The number of fused-ring (bicyclic) bond motifs is 5. The number of nitrogens with one attached hydrogen (secondary N) is 1. The minimum Gasteiger partial charge on any atom is -0.756 e. The van der Waals surface area contributed by atoms with Gasteiger partial charge in [0.05, 0.1) is 6.61 Å². The Morgan fingerprint density at radius 1 is 1.61 bits per heavy atom. The molecule has 2 aromatic heterocycles. The van der Waals surface area contributed by atoms with Gasteiger partial charge < -0.3 is 29.9 Å². The Morgan fingerprint density at radius 2 is 2.39 bits per heavy atom. The van der Waals surface area contributed by atoms with Crippen molar-refractivity contribution in [1.82, 2.24) is 15.0 Å². The fourth-order valence-electron chi connectivity index (χ4n) is 2.88. The molecule has 4 heterocycles. The van der Waals surface area contributed by atoms with Gasteiger partial charge in [-0.25, -0.2) is 0 Å². The number of rotatable bonds is 3. The molecule has 0 spiro atoms. The Kier molecular flexibility index (Phi) is 3.39. The first-order valence-corrected chi connectivity index (χ1v) is 8.95. The third-order valence-corrected chi connectivity index (χ3v) is 5.56. The molecule has 1 saturated heterocycles. The van der Waals surface area contributed by atoms with Crippen molar-refractivity contribution in [2.75, 3.05) is 12.3 Å². The number of aliphatic hydroxyl groups is 1. The van der Waals surface area contributed by atoms with Crippen molar-refractivity contribution in [2.45, 2.75) is 28.8 Å². The zero-order valence-corrected chi connectivity index (χ0v) is 13.1. The van der Waals surface area contributed by atoms with E-state index in [0.29, 0.717) is 16.3 Å². The van der Waals surface area contributed by atoms with E-state index in [9.17, 15) is 14.6 Å². The van der Waals surface area contributed by atoms with Crippen molar-refractivity contribution in [2.24, 2.45) is 0 Å². The summed E-state index contributed by atoms with van der Waals surface area (Å²) >= 11 is 1.26. The lowest BCUT2D eigenvalue weighted by Crippen LogP contribution is -2.40. The normalized spacial score (nSPS) is 32.0. The third kappa shape index (κ3) is 2.34. The van der Waals surface area contributed by atoms with Gasteiger partial charge in [-0.2, -0.15) is 9.55 Å². The van der Waals surface area contributed by atoms with Crippen LogP contribution in [-0.4, -0.2) is 49.0 Å². The molecule has 0 bridgehead atoms. The van der Waals surface area contributed by atoms with Gasteiger partial charge in [0.1, 0.15) is 17.5 Å². The molecule has 23 heavy (non-hydrogen) atoms.